The number of nitrogen functional groups attached to an aromatic ring is 1. The quantitative estimate of drug-likeness (QED) is 0.746. The second-order valence-electron chi connectivity index (χ2n) is 4.78. The molecule has 0 spiro atoms. The van der Waals surface area contributed by atoms with Gasteiger partial charge in [0.15, 0.2) is 0 Å². The van der Waals surface area contributed by atoms with E-state index >= 15 is 0 Å². The van der Waals surface area contributed by atoms with Gasteiger partial charge < -0.3 is 5.73 Å². The molecule has 0 bridgehead atoms. The van der Waals surface area contributed by atoms with Gasteiger partial charge >= 0.3 is 0 Å². The number of rotatable bonds is 2. The number of hydrogen-bond donors (Lipinski definition) is 1. The molecule has 0 aromatic heterocycles. The first-order valence-electron chi connectivity index (χ1n) is 5.92. The van der Waals surface area contributed by atoms with Crippen LogP contribution in [0.1, 0.15) is 42.4 Å². The van der Waals surface area contributed by atoms with Crippen molar-refractivity contribution >= 4 is 5.69 Å². The van der Waals surface area contributed by atoms with Crippen LogP contribution in [0.2, 0.25) is 0 Å². The monoisotopic (exact) mass is 202 g/mol. The molecule has 0 radical (unpaired) electrons. The van der Waals surface area contributed by atoms with E-state index < -0.39 is 0 Å². The SMILES string of the molecule is CCN1Cc2ccc(N)c(C3CC3)c2C1. The van der Waals surface area contributed by atoms with Crippen LogP contribution in [0.15, 0.2) is 12.1 Å². The molecule has 0 saturated heterocycles. The van der Waals surface area contributed by atoms with Crippen molar-refractivity contribution in [2.24, 2.45) is 0 Å². The van der Waals surface area contributed by atoms with Gasteiger partial charge in [-0.15, -0.1) is 0 Å². The van der Waals surface area contributed by atoms with Crippen LogP contribution in [0.3, 0.4) is 0 Å². The lowest BCUT2D eigenvalue weighted by molar-refractivity contribution is 0.300. The second kappa shape index (κ2) is 3.24. The Labute approximate surface area is 91.1 Å². The molecule has 2 heteroatoms. The van der Waals surface area contributed by atoms with Crippen molar-refractivity contribution in [2.45, 2.75) is 38.8 Å². The van der Waals surface area contributed by atoms with E-state index in [1.807, 2.05) is 0 Å². The van der Waals surface area contributed by atoms with Gasteiger partial charge in [0.1, 0.15) is 0 Å². The van der Waals surface area contributed by atoms with Gasteiger partial charge in [0.05, 0.1) is 0 Å². The number of nitrogens with two attached hydrogens (primary N) is 1. The maximum atomic E-state index is 6.10. The van der Waals surface area contributed by atoms with E-state index in [4.69, 9.17) is 5.73 Å². The molecule has 2 N–H and O–H groups in total. The van der Waals surface area contributed by atoms with Crippen molar-refractivity contribution in [3.63, 3.8) is 0 Å². The maximum absolute atomic E-state index is 6.10. The molecule has 80 valence electrons. The topological polar surface area (TPSA) is 29.3 Å². The zero-order valence-corrected chi connectivity index (χ0v) is 9.29. The molecule has 0 amide bonds. The molecule has 15 heavy (non-hydrogen) atoms. The molecule has 2 aliphatic rings. The predicted molar refractivity (Wildman–Crippen MR) is 62.6 cm³/mol. The van der Waals surface area contributed by atoms with E-state index in [0.717, 1.165) is 31.2 Å². The Morgan fingerprint density at radius 2 is 2.13 bits per heavy atom. The van der Waals surface area contributed by atoms with Crippen LogP contribution in [0, 0.1) is 0 Å². The summed E-state index contributed by atoms with van der Waals surface area (Å²) in [5, 5.41) is 0. The summed E-state index contributed by atoms with van der Waals surface area (Å²) in [6.07, 6.45) is 2.68. The first kappa shape index (κ1) is 9.22. The molecule has 1 aromatic rings. The fraction of sp³-hybridized carbons (Fsp3) is 0.538. The van der Waals surface area contributed by atoms with E-state index in [-0.39, 0.29) is 0 Å². The van der Waals surface area contributed by atoms with Crippen LogP contribution in [-0.2, 0) is 13.1 Å². The van der Waals surface area contributed by atoms with Crippen molar-refractivity contribution in [1.82, 2.24) is 4.90 Å². The largest absolute Gasteiger partial charge is 0.398 e. The Kier molecular flexibility index (Phi) is 1.99. The lowest BCUT2D eigenvalue weighted by Crippen LogP contribution is -2.14. The van der Waals surface area contributed by atoms with Gasteiger partial charge in [0.25, 0.3) is 0 Å². The summed E-state index contributed by atoms with van der Waals surface area (Å²) >= 11 is 0. The van der Waals surface area contributed by atoms with Crippen molar-refractivity contribution in [3.8, 4) is 0 Å². The Bertz CT molecular complexity index is 394. The maximum Gasteiger partial charge on any atom is 0.0352 e. The fourth-order valence-electron chi connectivity index (χ4n) is 2.66. The summed E-state index contributed by atoms with van der Waals surface area (Å²) in [6, 6.07) is 4.32. The lowest BCUT2D eigenvalue weighted by atomic mass is 9.98. The number of hydrogen-bond acceptors (Lipinski definition) is 2. The summed E-state index contributed by atoms with van der Waals surface area (Å²) in [5.41, 5.74) is 11.6. The van der Waals surface area contributed by atoms with E-state index in [9.17, 15) is 0 Å². The number of fused-ring (bicyclic) bond motifs is 1. The Balaban J connectivity index is 2.04. The average Bonchev–Trinajstić information content (AvgIpc) is 2.96. The molecular weight excluding hydrogens is 184 g/mol. The molecule has 1 aliphatic carbocycles. The van der Waals surface area contributed by atoms with Crippen molar-refractivity contribution in [2.75, 3.05) is 12.3 Å². The lowest BCUT2D eigenvalue weighted by Gasteiger charge is -2.11. The summed E-state index contributed by atoms with van der Waals surface area (Å²) < 4.78 is 0. The molecule has 1 saturated carbocycles. The molecule has 1 heterocycles. The van der Waals surface area contributed by atoms with Crippen LogP contribution in [0.4, 0.5) is 5.69 Å². The third-order valence-electron chi connectivity index (χ3n) is 3.70. The second-order valence-corrected chi connectivity index (χ2v) is 4.78. The normalized spacial score (nSPS) is 20.6. The van der Waals surface area contributed by atoms with Crippen molar-refractivity contribution < 1.29 is 0 Å². The minimum Gasteiger partial charge on any atom is -0.398 e. The molecule has 0 atom stereocenters. The summed E-state index contributed by atoms with van der Waals surface area (Å²) in [5.74, 6) is 0.775. The smallest absolute Gasteiger partial charge is 0.0352 e. The minimum absolute atomic E-state index is 0.775. The van der Waals surface area contributed by atoms with E-state index in [2.05, 4.69) is 24.0 Å². The van der Waals surface area contributed by atoms with Crippen LogP contribution < -0.4 is 5.73 Å². The number of nitrogens with zero attached hydrogens (tertiary/aromatic N) is 1. The molecule has 3 rings (SSSR count). The highest BCUT2D eigenvalue weighted by molar-refractivity contribution is 5.58. The highest BCUT2D eigenvalue weighted by Gasteiger charge is 2.31. The minimum atomic E-state index is 0.775. The number of benzene rings is 1. The van der Waals surface area contributed by atoms with Gasteiger partial charge in [0, 0.05) is 18.8 Å². The first-order valence-corrected chi connectivity index (χ1v) is 5.92. The van der Waals surface area contributed by atoms with E-state index in [1.54, 1.807) is 5.56 Å². The average molecular weight is 202 g/mol. The predicted octanol–water partition coefficient (Wildman–Crippen LogP) is 2.48. The van der Waals surface area contributed by atoms with Gasteiger partial charge in [-0.25, -0.2) is 0 Å². The molecule has 0 unspecified atom stereocenters. The molecule has 1 aliphatic heterocycles. The standard InChI is InChI=1S/C13H18N2/c1-2-15-7-10-5-6-12(14)13(9-3-4-9)11(10)8-15/h5-6,9H,2-4,7-8,14H2,1H3. The van der Waals surface area contributed by atoms with Gasteiger partial charge in [0.2, 0.25) is 0 Å². The van der Waals surface area contributed by atoms with Crippen LogP contribution in [-0.4, -0.2) is 11.4 Å². The zero-order chi connectivity index (χ0) is 10.4. The Morgan fingerprint density at radius 1 is 1.33 bits per heavy atom. The van der Waals surface area contributed by atoms with E-state index in [0.29, 0.717) is 0 Å². The fourth-order valence-corrected chi connectivity index (χ4v) is 2.66. The first-order chi connectivity index (χ1) is 7.29. The van der Waals surface area contributed by atoms with Crippen LogP contribution >= 0.6 is 0 Å². The van der Waals surface area contributed by atoms with Crippen molar-refractivity contribution in [3.05, 3.63) is 28.8 Å². The molecule has 1 fully saturated rings. The highest BCUT2D eigenvalue weighted by Crippen LogP contribution is 2.46. The molecular formula is C13H18N2. The summed E-state index contributed by atoms with van der Waals surface area (Å²) in [6.45, 7) is 5.60. The summed E-state index contributed by atoms with van der Waals surface area (Å²) in [7, 11) is 0. The third kappa shape index (κ3) is 1.44. The molecule has 2 nitrogen and oxygen atoms in total. The van der Waals surface area contributed by atoms with Gasteiger partial charge in [-0.3, -0.25) is 4.90 Å². The van der Waals surface area contributed by atoms with Gasteiger partial charge in [-0.2, -0.15) is 0 Å². The third-order valence-corrected chi connectivity index (χ3v) is 3.70. The zero-order valence-electron chi connectivity index (χ0n) is 9.29. The van der Waals surface area contributed by atoms with Gasteiger partial charge in [-0.05, 0) is 48.1 Å². The summed E-state index contributed by atoms with van der Waals surface area (Å²) in [4.78, 5) is 2.48. The van der Waals surface area contributed by atoms with Crippen LogP contribution in [0.5, 0.6) is 0 Å². The van der Waals surface area contributed by atoms with Crippen molar-refractivity contribution in [1.29, 1.82) is 0 Å². The Morgan fingerprint density at radius 3 is 2.80 bits per heavy atom. The Hall–Kier alpha value is -1.02. The number of anilines is 1. The molecule has 1 aromatic carbocycles. The highest BCUT2D eigenvalue weighted by atomic mass is 15.1. The van der Waals surface area contributed by atoms with Crippen LogP contribution in [0.25, 0.3) is 0 Å². The van der Waals surface area contributed by atoms with E-state index in [1.165, 1.54) is 24.0 Å². The van der Waals surface area contributed by atoms with Gasteiger partial charge in [-0.1, -0.05) is 13.0 Å².